The summed E-state index contributed by atoms with van der Waals surface area (Å²) < 4.78 is 1.65. The Bertz CT molecular complexity index is 1260. The normalized spacial score (nSPS) is 10.7. The fraction of sp³-hybridized carbons (Fsp3) is 0.120. The molecule has 1 amide bonds. The van der Waals surface area contributed by atoms with Gasteiger partial charge in [-0.05, 0) is 48.4 Å². The zero-order chi connectivity index (χ0) is 22.5. The number of hydrogen-bond acceptors (Lipinski definition) is 4. The number of hydrogen-bond donors (Lipinski definition) is 1. The number of amides is 1. The van der Waals surface area contributed by atoms with Crippen LogP contribution in [0, 0.1) is 6.92 Å². The van der Waals surface area contributed by atoms with Crippen LogP contribution in [-0.4, -0.2) is 26.5 Å². The Morgan fingerprint density at radius 1 is 1.00 bits per heavy atom. The van der Waals surface area contributed by atoms with Crippen LogP contribution in [0.2, 0.25) is 5.02 Å². The third-order valence-electron chi connectivity index (χ3n) is 4.90. The van der Waals surface area contributed by atoms with Crippen molar-refractivity contribution in [1.82, 2.24) is 14.8 Å². The van der Waals surface area contributed by atoms with Gasteiger partial charge in [0.25, 0.3) is 0 Å². The van der Waals surface area contributed by atoms with Crippen LogP contribution >= 0.6 is 11.6 Å². The van der Waals surface area contributed by atoms with Crippen molar-refractivity contribution in [2.24, 2.45) is 0 Å². The SMILES string of the molecule is Cc1ccc(CC(=O)c2cccc(-n3cc(CC(=O)Nc4ccccc4Cl)cn3)c2)nc1. The van der Waals surface area contributed by atoms with Crippen molar-refractivity contribution < 1.29 is 9.59 Å². The average molecular weight is 445 g/mol. The number of Topliss-reactive ketones (excluding diaryl/α,β-unsaturated/α-hetero) is 1. The molecular formula is C25H21ClN4O2. The highest BCUT2D eigenvalue weighted by Crippen LogP contribution is 2.21. The van der Waals surface area contributed by atoms with E-state index in [1.165, 1.54) is 0 Å². The first-order chi connectivity index (χ1) is 15.5. The molecule has 2 aromatic heterocycles. The van der Waals surface area contributed by atoms with Gasteiger partial charge in [0.15, 0.2) is 5.78 Å². The minimum Gasteiger partial charge on any atom is -0.324 e. The number of carbonyl (C=O) groups excluding carboxylic acids is 2. The van der Waals surface area contributed by atoms with E-state index < -0.39 is 0 Å². The van der Waals surface area contributed by atoms with Crippen LogP contribution in [0.25, 0.3) is 5.69 Å². The van der Waals surface area contributed by atoms with Gasteiger partial charge in [0.2, 0.25) is 5.91 Å². The standard InChI is InChI=1S/C25H21ClN4O2/c1-17-9-10-20(27-14-17)13-24(31)19-5-4-6-21(12-19)30-16-18(15-28-30)11-25(32)29-23-8-3-2-7-22(23)26/h2-10,12,14-16H,11,13H2,1H3,(H,29,32). The summed E-state index contributed by atoms with van der Waals surface area (Å²) in [6.45, 7) is 1.96. The topological polar surface area (TPSA) is 76.9 Å². The molecule has 6 nitrogen and oxygen atoms in total. The molecule has 4 rings (SSSR count). The number of aromatic nitrogens is 3. The van der Waals surface area contributed by atoms with Crippen molar-refractivity contribution in [3.63, 3.8) is 0 Å². The van der Waals surface area contributed by atoms with Gasteiger partial charge in [0.1, 0.15) is 0 Å². The average Bonchev–Trinajstić information content (AvgIpc) is 3.25. The molecule has 32 heavy (non-hydrogen) atoms. The van der Waals surface area contributed by atoms with Crippen LogP contribution in [0.3, 0.4) is 0 Å². The first-order valence-electron chi connectivity index (χ1n) is 10.1. The lowest BCUT2D eigenvalue weighted by Crippen LogP contribution is -2.14. The molecule has 0 aliphatic rings. The second-order valence-corrected chi connectivity index (χ2v) is 7.88. The Labute approximate surface area is 190 Å². The number of para-hydroxylation sites is 1. The van der Waals surface area contributed by atoms with Gasteiger partial charge >= 0.3 is 0 Å². The first kappa shape index (κ1) is 21.5. The maximum atomic E-state index is 12.7. The number of carbonyl (C=O) groups is 2. The van der Waals surface area contributed by atoms with Gasteiger partial charge < -0.3 is 5.32 Å². The van der Waals surface area contributed by atoms with Crippen molar-refractivity contribution in [2.75, 3.05) is 5.32 Å². The van der Waals surface area contributed by atoms with Gasteiger partial charge in [-0.1, -0.05) is 41.9 Å². The van der Waals surface area contributed by atoms with Gasteiger partial charge in [-0.25, -0.2) is 4.68 Å². The lowest BCUT2D eigenvalue weighted by molar-refractivity contribution is -0.115. The fourth-order valence-corrected chi connectivity index (χ4v) is 3.41. The van der Waals surface area contributed by atoms with E-state index in [4.69, 9.17) is 11.6 Å². The van der Waals surface area contributed by atoms with Crippen LogP contribution in [-0.2, 0) is 17.6 Å². The highest BCUT2D eigenvalue weighted by molar-refractivity contribution is 6.33. The molecular weight excluding hydrogens is 424 g/mol. The number of halogens is 1. The van der Waals surface area contributed by atoms with E-state index in [2.05, 4.69) is 15.4 Å². The molecule has 0 fully saturated rings. The van der Waals surface area contributed by atoms with Crippen LogP contribution in [0.5, 0.6) is 0 Å². The van der Waals surface area contributed by atoms with Crippen molar-refractivity contribution in [3.8, 4) is 5.69 Å². The van der Waals surface area contributed by atoms with E-state index in [1.807, 2.05) is 37.3 Å². The van der Waals surface area contributed by atoms with E-state index in [0.29, 0.717) is 16.3 Å². The summed E-state index contributed by atoms with van der Waals surface area (Å²) in [4.78, 5) is 29.4. The number of aryl methyl sites for hydroxylation is 1. The second kappa shape index (κ2) is 9.58. The number of anilines is 1. The van der Waals surface area contributed by atoms with Crippen molar-refractivity contribution in [1.29, 1.82) is 0 Å². The zero-order valence-corrected chi connectivity index (χ0v) is 18.2. The van der Waals surface area contributed by atoms with Crippen LogP contribution in [0.4, 0.5) is 5.69 Å². The highest BCUT2D eigenvalue weighted by Gasteiger charge is 2.12. The molecule has 2 aromatic carbocycles. The minimum atomic E-state index is -0.188. The van der Waals surface area contributed by atoms with E-state index in [-0.39, 0.29) is 24.5 Å². The third kappa shape index (κ3) is 5.28. The molecule has 0 aliphatic carbocycles. The summed E-state index contributed by atoms with van der Waals surface area (Å²) in [5.41, 5.74) is 4.43. The summed E-state index contributed by atoms with van der Waals surface area (Å²) in [7, 11) is 0. The van der Waals surface area contributed by atoms with Gasteiger partial charge in [0, 0.05) is 23.7 Å². The number of ketones is 1. The lowest BCUT2D eigenvalue weighted by atomic mass is 10.1. The monoisotopic (exact) mass is 444 g/mol. The van der Waals surface area contributed by atoms with Crippen molar-refractivity contribution in [3.05, 3.63) is 107 Å². The van der Waals surface area contributed by atoms with Gasteiger partial charge in [-0.2, -0.15) is 5.10 Å². The van der Waals surface area contributed by atoms with Gasteiger partial charge in [0.05, 0.1) is 35.4 Å². The molecule has 0 saturated heterocycles. The smallest absolute Gasteiger partial charge is 0.228 e. The quantitative estimate of drug-likeness (QED) is 0.414. The van der Waals surface area contributed by atoms with Crippen LogP contribution in [0.1, 0.15) is 27.2 Å². The molecule has 2 heterocycles. The van der Waals surface area contributed by atoms with Crippen molar-refractivity contribution in [2.45, 2.75) is 19.8 Å². The fourth-order valence-electron chi connectivity index (χ4n) is 3.23. The number of benzene rings is 2. The molecule has 4 aromatic rings. The van der Waals surface area contributed by atoms with Gasteiger partial charge in [-0.15, -0.1) is 0 Å². The molecule has 0 spiro atoms. The predicted octanol–water partition coefficient (Wildman–Crippen LogP) is 4.84. The first-order valence-corrected chi connectivity index (χ1v) is 10.5. The summed E-state index contributed by atoms with van der Waals surface area (Å²) in [5.74, 6) is -0.207. The van der Waals surface area contributed by atoms with Gasteiger partial charge in [-0.3, -0.25) is 14.6 Å². The molecule has 0 radical (unpaired) electrons. The Kier molecular flexibility index (Phi) is 6.42. The highest BCUT2D eigenvalue weighted by atomic mass is 35.5. The second-order valence-electron chi connectivity index (χ2n) is 7.48. The lowest BCUT2D eigenvalue weighted by Gasteiger charge is -2.06. The van der Waals surface area contributed by atoms with Crippen LogP contribution < -0.4 is 5.32 Å². The summed E-state index contributed by atoms with van der Waals surface area (Å²) in [6.07, 6.45) is 5.56. The maximum Gasteiger partial charge on any atom is 0.228 e. The van der Waals surface area contributed by atoms with E-state index in [9.17, 15) is 9.59 Å². The molecule has 160 valence electrons. The van der Waals surface area contributed by atoms with E-state index in [0.717, 1.165) is 22.5 Å². The number of nitrogens with one attached hydrogen (secondary N) is 1. The number of nitrogens with zero attached hydrogens (tertiary/aromatic N) is 3. The molecule has 7 heteroatoms. The Morgan fingerprint density at radius 2 is 1.84 bits per heavy atom. The Balaban J connectivity index is 1.43. The van der Waals surface area contributed by atoms with E-state index >= 15 is 0 Å². The predicted molar refractivity (Wildman–Crippen MR) is 124 cm³/mol. The zero-order valence-electron chi connectivity index (χ0n) is 17.5. The minimum absolute atomic E-state index is 0.0188. The maximum absolute atomic E-state index is 12.7. The molecule has 0 unspecified atom stereocenters. The number of rotatable bonds is 7. The van der Waals surface area contributed by atoms with E-state index in [1.54, 1.807) is 53.6 Å². The summed E-state index contributed by atoms with van der Waals surface area (Å²) >= 11 is 6.09. The summed E-state index contributed by atoms with van der Waals surface area (Å²) in [5, 5.41) is 7.63. The van der Waals surface area contributed by atoms with Crippen molar-refractivity contribution >= 4 is 29.0 Å². The Hall–Kier alpha value is -3.77. The number of pyridine rings is 1. The largest absolute Gasteiger partial charge is 0.324 e. The molecule has 0 atom stereocenters. The molecule has 0 aliphatic heterocycles. The third-order valence-corrected chi connectivity index (χ3v) is 5.23. The Morgan fingerprint density at radius 3 is 2.62 bits per heavy atom. The summed E-state index contributed by atoms with van der Waals surface area (Å²) in [6, 6.07) is 18.1. The molecule has 0 saturated carbocycles. The molecule has 0 bridgehead atoms. The van der Waals surface area contributed by atoms with Crippen LogP contribution in [0.15, 0.2) is 79.3 Å². The molecule has 1 N–H and O–H groups in total.